The lowest BCUT2D eigenvalue weighted by Crippen LogP contribution is -2.44. The third-order valence-corrected chi connectivity index (χ3v) is 4.45. The molecule has 0 radical (unpaired) electrons. The van der Waals surface area contributed by atoms with E-state index >= 15 is 0 Å². The third kappa shape index (κ3) is 6.19. The van der Waals surface area contributed by atoms with Crippen LogP contribution in [0.3, 0.4) is 0 Å². The van der Waals surface area contributed by atoms with Crippen molar-refractivity contribution in [3.05, 3.63) is 41.4 Å². The van der Waals surface area contributed by atoms with Gasteiger partial charge in [0, 0.05) is 37.0 Å². The number of halogens is 2. The quantitative estimate of drug-likeness (QED) is 0.763. The smallest absolute Gasteiger partial charge is 0.410 e. The molecule has 156 valence electrons. The van der Waals surface area contributed by atoms with Crippen molar-refractivity contribution in [2.24, 2.45) is 0 Å². The number of nitrogens with one attached hydrogen (secondary N) is 1. The minimum absolute atomic E-state index is 0.0799. The van der Waals surface area contributed by atoms with E-state index in [0.29, 0.717) is 42.7 Å². The Balaban J connectivity index is 1.55. The second kappa shape index (κ2) is 8.82. The molecule has 2 aromatic rings. The van der Waals surface area contributed by atoms with Gasteiger partial charge >= 0.3 is 6.09 Å². The molecule has 0 saturated carbocycles. The predicted molar refractivity (Wildman–Crippen MR) is 108 cm³/mol. The Hall–Kier alpha value is -2.61. The van der Waals surface area contributed by atoms with Crippen LogP contribution in [0.4, 0.5) is 20.7 Å². The molecule has 0 bridgehead atoms. The van der Waals surface area contributed by atoms with Crippen molar-refractivity contribution in [2.75, 3.05) is 18.4 Å². The number of hydrogen-bond acceptors (Lipinski definition) is 6. The van der Waals surface area contributed by atoms with Gasteiger partial charge < -0.3 is 19.7 Å². The lowest BCUT2D eigenvalue weighted by molar-refractivity contribution is 0.0123. The first-order chi connectivity index (χ1) is 13.7. The number of benzene rings is 1. The molecule has 1 N–H and O–H groups in total. The molecule has 0 spiro atoms. The third-order valence-electron chi connectivity index (χ3n) is 4.22. The lowest BCUT2D eigenvalue weighted by atomic mass is 10.1. The van der Waals surface area contributed by atoms with Crippen LogP contribution in [0.1, 0.15) is 33.6 Å². The molecule has 0 unspecified atom stereocenters. The van der Waals surface area contributed by atoms with E-state index < -0.39 is 11.4 Å². The molecular formula is C20H24ClFN4O3. The molecule has 3 rings (SSSR count). The van der Waals surface area contributed by atoms with Gasteiger partial charge in [0.05, 0.1) is 5.69 Å². The van der Waals surface area contributed by atoms with Crippen LogP contribution in [0.2, 0.25) is 5.02 Å². The number of aromatic nitrogens is 2. The fraction of sp³-hybridized carbons (Fsp3) is 0.450. The van der Waals surface area contributed by atoms with Gasteiger partial charge in [0.15, 0.2) is 0 Å². The molecule has 0 atom stereocenters. The molecule has 7 nitrogen and oxygen atoms in total. The lowest BCUT2D eigenvalue weighted by Gasteiger charge is -2.33. The van der Waals surface area contributed by atoms with Crippen molar-refractivity contribution < 1.29 is 18.7 Å². The van der Waals surface area contributed by atoms with Crippen molar-refractivity contribution in [1.29, 1.82) is 0 Å². The van der Waals surface area contributed by atoms with Crippen LogP contribution < -0.4 is 10.1 Å². The number of anilines is 2. The molecule has 1 amide bonds. The molecule has 2 heterocycles. The van der Waals surface area contributed by atoms with Crippen molar-refractivity contribution in [3.8, 4) is 5.88 Å². The van der Waals surface area contributed by atoms with Gasteiger partial charge in [0.2, 0.25) is 5.88 Å². The second-order valence-corrected chi connectivity index (χ2v) is 8.21. The highest BCUT2D eigenvalue weighted by atomic mass is 35.5. The molecule has 1 aliphatic heterocycles. The maximum atomic E-state index is 14.0. The number of nitrogens with zero attached hydrogens (tertiary/aromatic N) is 3. The van der Waals surface area contributed by atoms with E-state index in [1.165, 1.54) is 18.5 Å². The van der Waals surface area contributed by atoms with Gasteiger partial charge in [0.1, 0.15) is 29.7 Å². The monoisotopic (exact) mass is 422 g/mol. The summed E-state index contributed by atoms with van der Waals surface area (Å²) in [5.74, 6) is 0.308. The minimum Gasteiger partial charge on any atom is -0.474 e. The molecule has 1 saturated heterocycles. The second-order valence-electron chi connectivity index (χ2n) is 7.78. The van der Waals surface area contributed by atoms with Crippen molar-refractivity contribution in [2.45, 2.75) is 45.3 Å². The SMILES string of the molecule is CC(C)(C)OC(=O)N1CCC(Oc2cc(Nc3ccc(Cl)cc3F)ncn2)CC1. The zero-order valence-corrected chi connectivity index (χ0v) is 17.4. The predicted octanol–water partition coefficient (Wildman–Crippen LogP) is 4.79. The zero-order chi connectivity index (χ0) is 21.0. The average Bonchev–Trinajstić information content (AvgIpc) is 2.64. The first-order valence-electron chi connectivity index (χ1n) is 9.38. The highest BCUT2D eigenvalue weighted by Gasteiger charge is 2.27. The normalized spacial score (nSPS) is 15.1. The molecule has 1 aliphatic rings. The maximum Gasteiger partial charge on any atom is 0.410 e. The van der Waals surface area contributed by atoms with Gasteiger partial charge in [-0.05, 0) is 39.0 Å². The Morgan fingerprint density at radius 2 is 1.97 bits per heavy atom. The molecular weight excluding hydrogens is 399 g/mol. The number of amides is 1. The van der Waals surface area contributed by atoms with Crippen LogP contribution in [0.25, 0.3) is 0 Å². The Bertz CT molecular complexity index is 867. The van der Waals surface area contributed by atoms with Crippen LogP contribution in [0, 0.1) is 5.82 Å². The van der Waals surface area contributed by atoms with E-state index in [9.17, 15) is 9.18 Å². The van der Waals surface area contributed by atoms with E-state index in [0.717, 1.165) is 0 Å². The minimum atomic E-state index is -0.516. The standard InChI is InChI=1S/C20H24ClFN4O3/c1-20(2,3)29-19(27)26-8-6-14(7-9-26)28-18-11-17(23-12-24-18)25-16-5-4-13(21)10-15(16)22/h4-5,10-12,14H,6-9H2,1-3H3,(H,23,24,25). The summed E-state index contributed by atoms with van der Waals surface area (Å²) in [5.41, 5.74) is -0.261. The Morgan fingerprint density at radius 3 is 2.62 bits per heavy atom. The van der Waals surface area contributed by atoms with E-state index in [4.69, 9.17) is 21.1 Å². The van der Waals surface area contributed by atoms with E-state index in [1.54, 1.807) is 17.0 Å². The molecule has 9 heteroatoms. The van der Waals surface area contributed by atoms with Crippen molar-refractivity contribution in [1.82, 2.24) is 14.9 Å². The molecule has 29 heavy (non-hydrogen) atoms. The van der Waals surface area contributed by atoms with Crippen LogP contribution >= 0.6 is 11.6 Å². The van der Waals surface area contributed by atoms with Gasteiger partial charge in [-0.2, -0.15) is 0 Å². The number of carbonyl (C=O) groups is 1. The summed E-state index contributed by atoms with van der Waals surface area (Å²) in [7, 11) is 0. The van der Waals surface area contributed by atoms with Gasteiger partial charge in [-0.3, -0.25) is 0 Å². The highest BCUT2D eigenvalue weighted by molar-refractivity contribution is 6.30. The highest BCUT2D eigenvalue weighted by Crippen LogP contribution is 2.24. The van der Waals surface area contributed by atoms with Crippen LogP contribution in [-0.2, 0) is 4.74 Å². The summed E-state index contributed by atoms with van der Waals surface area (Å²) in [5, 5.41) is 3.20. The molecule has 0 aliphatic carbocycles. The molecule has 1 aromatic carbocycles. The maximum absolute atomic E-state index is 14.0. The zero-order valence-electron chi connectivity index (χ0n) is 16.6. The van der Waals surface area contributed by atoms with E-state index in [1.807, 2.05) is 20.8 Å². The van der Waals surface area contributed by atoms with Gasteiger partial charge in [-0.15, -0.1) is 0 Å². The molecule has 1 aromatic heterocycles. The van der Waals surface area contributed by atoms with E-state index in [-0.39, 0.29) is 17.9 Å². The first-order valence-corrected chi connectivity index (χ1v) is 9.76. The van der Waals surface area contributed by atoms with Crippen molar-refractivity contribution in [3.63, 3.8) is 0 Å². The number of piperidine rings is 1. The summed E-state index contributed by atoms with van der Waals surface area (Å²) < 4.78 is 25.3. The number of carbonyl (C=O) groups excluding carboxylic acids is 1. The fourth-order valence-electron chi connectivity index (χ4n) is 2.85. The van der Waals surface area contributed by atoms with Gasteiger partial charge in [-0.1, -0.05) is 11.6 Å². The summed E-state index contributed by atoms with van der Waals surface area (Å²) in [6, 6.07) is 5.95. The molecule has 1 fully saturated rings. The number of ether oxygens (including phenoxy) is 2. The fourth-order valence-corrected chi connectivity index (χ4v) is 3.01. The topological polar surface area (TPSA) is 76.6 Å². The van der Waals surface area contributed by atoms with Crippen LogP contribution in [-0.4, -0.2) is 45.8 Å². The van der Waals surface area contributed by atoms with Gasteiger partial charge in [0.25, 0.3) is 0 Å². The Kier molecular flexibility index (Phi) is 6.42. The number of rotatable bonds is 4. The Labute approximate surface area is 174 Å². The van der Waals surface area contributed by atoms with Crippen molar-refractivity contribution >= 4 is 29.2 Å². The number of hydrogen-bond donors (Lipinski definition) is 1. The largest absolute Gasteiger partial charge is 0.474 e. The van der Waals surface area contributed by atoms with Crippen LogP contribution in [0.5, 0.6) is 5.88 Å². The number of likely N-dealkylation sites (tertiary alicyclic amines) is 1. The summed E-state index contributed by atoms with van der Waals surface area (Å²) in [6.45, 7) is 6.63. The first kappa shape index (κ1) is 21.1. The summed E-state index contributed by atoms with van der Waals surface area (Å²) in [6.07, 6.45) is 2.29. The Morgan fingerprint density at radius 1 is 1.24 bits per heavy atom. The summed E-state index contributed by atoms with van der Waals surface area (Å²) >= 11 is 5.77. The van der Waals surface area contributed by atoms with Crippen LogP contribution in [0.15, 0.2) is 30.6 Å². The average molecular weight is 423 g/mol. The summed E-state index contributed by atoms with van der Waals surface area (Å²) in [4.78, 5) is 22.0. The van der Waals surface area contributed by atoms with Gasteiger partial charge in [-0.25, -0.2) is 19.2 Å². The van der Waals surface area contributed by atoms with E-state index in [2.05, 4.69) is 15.3 Å².